The summed E-state index contributed by atoms with van der Waals surface area (Å²) in [4.78, 5) is 40.2. The summed E-state index contributed by atoms with van der Waals surface area (Å²) in [6.07, 6.45) is -3.40. The van der Waals surface area contributed by atoms with Crippen LogP contribution in [-0.4, -0.2) is 29.2 Å². The fourth-order valence-corrected chi connectivity index (χ4v) is 5.80. The van der Waals surface area contributed by atoms with Gasteiger partial charge in [0.2, 0.25) is 0 Å². The number of nitrogens with zero attached hydrogens (tertiary/aromatic N) is 1. The monoisotopic (exact) mass is 648 g/mol. The van der Waals surface area contributed by atoms with Crippen molar-refractivity contribution in [2.45, 2.75) is 51.1 Å². The molecule has 1 saturated carbocycles. The lowest BCUT2D eigenvalue weighted by Crippen LogP contribution is -2.31. The summed E-state index contributed by atoms with van der Waals surface area (Å²) in [5.74, 6) is -3.72. The number of halogens is 5. The first kappa shape index (κ1) is 31.9. The number of benzene rings is 4. The van der Waals surface area contributed by atoms with Crippen LogP contribution in [0.25, 0.3) is 0 Å². The lowest BCUT2D eigenvalue weighted by Gasteiger charge is -2.20. The minimum atomic E-state index is -4.74. The highest BCUT2D eigenvalue weighted by atomic mass is 19.4. The van der Waals surface area contributed by atoms with Gasteiger partial charge in [-0.25, -0.2) is 8.78 Å². The van der Waals surface area contributed by atoms with E-state index in [2.05, 4.69) is 5.32 Å². The molecule has 4 aromatic carbocycles. The van der Waals surface area contributed by atoms with Crippen molar-refractivity contribution in [3.8, 4) is 11.5 Å². The Labute approximate surface area is 267 Å². The van der Waals surface area contributed by atoms with E-state index in [0.717, 1.165) is 23.1 Å². The van der Waals surface area contributed by atoms with Crippen molar-refractivity contribution in [2.75, 3.05) is 11.9 Å². The van der Waals surface area contributed by atoms with E-state index in [0.29, 0.717) is 29.5 Å². The highest BCUT2D eigenvalue weighted by molar-refractivity contribution is 6.21. The Bertz CT molecular complexity index is 1880. The van der Waals surface area contributed by atoms with Crippen LogP contribution in [0.15, 0.2) is 72.8 Å². The molecule has 0 spiro atoms. The van der Waals surface area contributed by atoms with Crippen LogP contribution in [0, 0.1) is 18.6 Å². The number of amides is 3. The largest absolute Gasteiger partial charge is 0.456 e. The van der Waals surface area contributed by atoms with Crippen LogP contribution in [-0.2, 0) is 6.18 Å². The normalized spacial score (nSPS) is 15.1. The predicted molar refractivity (Wildman–Crippen MR) is 164 cm³/mol. The molecule has 47 heavy (non-hydrogen) atoms. The van der Waals surface area contributed by atoms with Gasteiger partial charge in [-0.1, -0.05) is 19.1 Å². The lowest BCUT2D eigenvalue weighted by molar-refractivity contribution is -0.138. The summed E-state index contributed by atoms with van der Waals surface area (Å²) in [5, 5.41) is 2.57. The minimum Gasteiger partial charge on any atom is -0.456 e. The zero-order valence-electron chi connectivity index (χ0n) is 25.4. The summed E-state index contributed by atoms with van der Waals surface area (Å²) < 4.78 is 77.2. The molecule has 0 aromatic heterocycles. The third kappa shape index (κ3) is 6.47. The maximum atomic E-state index is 15.0. The van der Waals surface area contributed by atoms with E-state index in [1.54, 1.807) is 38.1 Å². The molecule has 0 bridgehead atoms. The van der Waals surface area contributed by atoms with Gasteiger partial charge < -0.3 is 10.1 Å². The maximum absolute atomic E-state index is 15.0. The van der Waals surface area contributed by atoms with Gasteiger partial charge in [0.15, 0.2) is 0 Å². The van der Waals surface area contributed by atoms with Crippen LogP contribution in [0.2, 0.25) is 0 Å². The molecule has 242 valence electrons. The lowest BCUT2D eigenvalue weighted by atomic mass is 9.96. The van der Waals surface area contributed by atoms with Gasteiger partial charge >= 0.3 is 6.18 Å². The fraction of sp³-hybridized carbons (Fsp3) is 0.250. The van der Waals surface area contributed by atoms with Crippen molar-refractivity contribution in [3.05, 3.63) is 123 Å². The Morgan fingerprint density at radius 3 is 2.23 bits per heavy atom. The molecule has 2 aliphatic rings. The highest BCUT2D eigenvalue weighted by Crippen LogP contribution is 2.48. The van der Waals surface area contributed by atoms with Crippen LogP contribution >= 0.6 is 0 Å². The van der Waals surface area contributed by atoms with Crippen molar-refractivity contribution < 1.29 is 41.1 Å². The number of nitrogens with one attached hydrogen (secondary N) is 1. The number of anilines is 1. The number of aryl methyl sites for hydroxylation is 1. The second-order valence-corrected chi connectivity index (χ2v) is 11.9. The number of alkyl halides is 3. The highest BCUT2D eigenvalue weighted by Gasteiger charge is 2.40. The second kappa shape index (κ2) is 12.3. The molecule has 1 fully saturated rings. The Morgan fingerprint density at radius 2 is 1.62 bits per heavy atom. The smallest absolute Gasteiger partial charge is 0.416 e. The quantitative estimate of drug-likeness (QED) is 0.145. The first-order valence-electron chi connectivity index (χ1n) is 15.1. The van der Waals surface area contributed by atoms with Gasteiger partial charge in [-0.2, -0.15) is 13.2 Å². The summed E-state index contributed by atoms with van der Waals surface area (Å²) in [5.41, 5.74) is -0.0662. The molecule has 1 aliphatic heterocycles. The van der Waals surface area contributed by atoms with E-state index in [4.69, 9.17) is 4.74 Å². The Hall–Kier alpha value is -5.06. The SMILES string of the molecule is Cc1cc(F)ccc1Oc1cc(C2CC2)c(C(F)(F)F)cc1C(=O)Nc1ccc(F)c(C(C)CCN2C(=O)c3ccccc3C2=O)c1. The molecule has 1 heterocycles. The van der Waals surface area contributed by atoms with E-state index < -0.39 is 52.6 Å². The van der Waals surface area contributed by atoms with Crippen LogP contribution in [0.1, 0.15) is 91.3 Å². The molecule has 3 amide bonds. The second-order valence-electron chi connectivity index (χ2n) is 11.9. The number of ether oxygens (including phenoxy) is 1. The van der Waals surface area contributed by atoms with Gasteiger partial charge in [-0.05, 0) is 115 Å². The Balaban J connectivity index is 1.26. The molecule has 11 heteroatoms. The topological polar surface area (TPSA) is 75.7 Å². The molecular formula is C36H29F5N2O4. The standard InChI is InChI=1S/C36H29F5N2O4/c1-19(13-14-43-34(45)24-5-3-4-6-25(24)35(43)46)26-16-23(10-11-30(26)38)42-33(44)28-17-29(36(39,40)41)27(21-7-8-21)18-32(28)47-31-12-9-22(37)15-20(31)2/h3-6,9-12,15-19,21H,7-8,13-14H2,1-2H3,(H,42,44). The number of carbonyl (C=O) groups excluding carboxylic acids is 3. The van der Waals surface area contributed by atoms with Gasteiger partial charge in [0.05, 0.1) is 22.3 Å². The minimum absolute atomic E-state index is 0.0137. The number of carbonyl (C=O) groups is 3. The van der Waals surface area contributed by atoms with Crippen LogP contribution in [0.3, 0.4) is 0 Å². The van der Waals surface area contributed by atoms with Crippen LogP contribution in [0.4, 0.5) is 27.6 Å². The molecule has 1 atom stereocenters. The van der Waals surface area contributed by atoms with E-state index >= 15 is 4.39 Å². The zero-order chi connectivity index (χ0) is 33.6. The molecule has 1 unspecified atom stereocenters. The van der Waals surface area contributed by atoms with Gasteiger partial charge in [-0.15, -0.1) is 0 Å². The van der Waals surface area contributed by atoms with Crippen molar-refractivity contribution in [1.82, 2.24) is 4.90 Å². The molecule has 4 aromatic rings. The van der Waals surface area contributed by atoms with Crippen LogP contribution < -0.4 is 10.1 Å². The van der Waals surface area contributed by atoms with Crippen molar-refractivity contribution >= 4 is 23.4 Å². The van der Waals surface area contributed by atoms with E-state index in [1.807, 2.05) is 0 Å². The summed E-state index contributed by atoms with van der Waals surface area (Å²) in [6, 6.07) is 15.9. The maximum Gasteiger partial charge on any atom is 0.416 e. The summed E-state index contributed by atoms with van der Waals surface area (Å²) in [6.45, 7) is 3.30. The van der Waals surface area contributed by atoms with Crippen molar-refractivity contribution in [3.63, 3.8) is 0 Å². The number of hydrogen-bond acceptors (Lipinski definition) is 4. The molecule has 1 N–H and O–H groups in total. The molecule has 6 nitrogen and oxygen atoms in total. The summed E-state index contributed by atoms with van der Waals surface area (Å²) in [7, 11) is 0. The van der Waals surface area contributed by atoms with E-state index in [-0.39, 0.29) is 47.2 Å². The Morgan fingerprint density at radius 1 is 0.936 bits per heavy atom. The molecule has 1 aliphatic carbocycles. The fourth-order valence-electron chi connectivity index (χ4n) is 5.80. The number of fused-ring (bicyclic) bond motifs is 1. The molecule has 0 saturated heterocycles. The molecular weight excluding hydrogens is 619 g/mol. The van der Waals surface area contributed by atoms with E-state index in [9.17, 15) is 31.9 Å². The number of rotatable bonds is 9. The molecule has 6 rings (SSSR count). The van der Waals surface area contributed by atoms with Crippen molar-refractivity contribution in [1.29, 1.82) is 0 Å². The Kier molecular flexibility index (Phi) is 8.33. The summed E-state index contributed by atoms with van der Waals surface area (Å²) >= 11 is 0. The average molecular weight is 649 g/mol. The average Bonchev–Trinajstić information content (AvgIpc) is 3.84. The van der Waals surface area contributed by atoms with Gasteiger partial charge in [0.1, 0.15) is 23.1 Å². The molecule has 0 radical (unpaired) electrons. The van der Waals surface area contributed by atoms with Gasteiger partial charge in [0.25, 0.3) is 17.7 Å². The predicted octanol–water partition coefficient (Wildman–Crippen LogP) is 9.00. The number of hydrogen-bond donors (Lipinski definition) is 1. The van der Waals surface area contributed by atoms with E-state index in [1.165, 1.54) is 30.3 Å². The first-order chi connectivity index (χ1) is 22.3. The third-order valence-corrected chi connectivity index (χ3v) is 8.52. The first-order valence-corrected chi connectivity index (χ1v) is 15.1. The number of imide groups is 1. The van der Waals surface area contributed by atoms with Crippen molar-refractivity contribution in [2.24, 2.45) is 0 Å². The van der Waals surface area contributed by atoms with Crippen LogP contribution in [0.5, 0.6) is 11.5 Å². The zero-order valence-corrected chi connectivity index (χ0v) is 25.4. The third-order valence-electron chi connectivity index (χ3n) is 8.52. The van der Waals surface area contributed by atoms with Gasteiger partial charge in [-0.3, -0.25) is 19.3 Å². The van der Waals surface area contributed by atoms with Gasteiger partial charge in [0, 0.05) is 12.2 Å².